The third-order valence-corrected chi connectivity index (χ3v) is 3.39. The van der Waals surface area contributed by atoms with Crippen LogP contribution in [-0.2, 0) is 11.2 Å². The van der Waals surface area contributed by atoms with Gasteiger partial charge in [0.1, 0.15) is 0 Å². The molecule has 0 fully saturated rings. The SMILES string of the molecule is CCCNC(C)(CC(=O)O)Cc1ccc(OC)c(OC)c1. The summed E-state index contributed by atoms with van der Waals surface area (Å²) in [6.45, 7) is 4.79. The molecule has 21 heavy (non-hydrogen) atoms. The van der Waals surface area contributed by atoms with Crippen LogP contribution in [0.1, 0.15) is 32.3 Å². The van der Waals surface area contributed by atoms with Crippen LogP contribution in [-0.4, -0.2) is 37.4 Å². The summed E-state index contributed by atoms with van der Waals surface area (Å²) in [4.78, 5) is 11.1. The highest BCUT2D eigenvalue weighted by Crippen LogP contribution is 2.29. The molecule has 1 atom stereocenters. The monoisotopic (exact) mass is 295 g/mol. The summed E-state index contributed by atoms with van der Waals surface area (Å²) in [5.41, 5.74) is 0.529. The van der Waals surface area contributed by atoms with E-state index in [0.29, 0.717) is 17.9 Å². The summed E-state index contributed by atoms with van der Waals surface area (Å²) < 4.78 is 10.5. The second kappa shape index (κ2) is 7.88. The summed E-state index contributed by atoms with van der Waals surface area (Å²) in [6, 6.07) is 5.68. The van der Waals surface area contributed by atoms with Crippen molar-refractivity contribution in [3.05, 3.63) is 23.8 Å². The lowest BCUT2D eigenvalue weighted by Crippen LogP contribution is -2.46. The van der Waals surface area contributed by atoms with Crippen LogP contribution < -0.4 is 14.8 Å². The number of carboxylic acids is 1. The van der Waals surface area contributed by atoms with Crippen molar-refractivity contribution in [2.75, 3.05) is 20.8 Å². The molecule has 1 rings (SSSR count). The molecule has 0 heterocycles. The normalized spacial score (nSPS) is 13.5. The Balaban J connectivity index is 2.94. The molecule has 5 nitrogen and oxygen atoms in total. The Morgan fingerprint density at radius 1 is 1.29 bits per heavy atom. The number of carboxylic acid groups (broad SMARTS) is 1. The first-order valence-corrected chi connectivity index (χ1v) is 7.12. The van der Waals surface area contributed by atoms with E-state index in [1.807, 2.05) is 25.1 Å². The summed E-state index contributed by atoms with van der Waals surface area (Å²) in [6.07, 6.45) is 1.64. The van der Waals surface area contributed by atoms with Crippen molar-refractivity contribution in [1.82, 2.24) is 5.32 Å². The average Bonchev–Trinajstić information content (AvgIpc) is 2.44. The van der Waals surface area contributed by atoms with Crippen molar-refractivity contribution in [2.45, 2.75) is 38.6 Å². The van der Waals surface area contributed by atoms with Gasteiger partial charge in [-0.3, -0.25) is 4.79 Å². The molecular formula is C16H25NO4. The summed E-state index contributed by atoms with van der Waals surface area (Å²) in [5.74, 6) is 0.521. The van der Waals surface area contributed by atoms with Crippen LogP contribution in [0.25, 0.3) is 0 Å². The Labute approximate surface area is 126 Å². The van der Waals surface area contributed by atoms with Crippen molar-refractivity contribution in [2.24, 2.45) is 0 Å². The maximum absolute atomic E-state index is 11.1. The van der Waals surface area contributed by atoms with Crippen LogP contribution in [0.2, 0.25) is 0 Å². The van der Waals surface area contributed by atoms with Gasteiger partial charge in [0.25, 0.3) is 0 Å². The largest absolute Gasteiger partial charge is 0.493 e. The molecule has 1 aromatic rings. The summed E-state index contributed by atoms with van der Waals surface area (Å²) in [5, 5.41) is 12.5. The van der Waals surface area contributed by atoms with Crippen LogP contribution in [0, 0.1) is 0 Å². The fraction of sp³-hybridized carbons (Fsp3) is 0.562. The van der Waals surface area contributed by atoms with E-state index in [-0.39, 0.29) is 6.42 Å². The third kappa shape index (κ3) is 5.27. The fourth-order valence-electron chi connectivity index (χ4n) is 2.39. The van der Waals surface area contributed by atoms with Crippen LogP contribution in [0.4, 0.5) is 0 Å². The molecule has 118 valence electrons. The van der Waals surface area contributed by atoms with Gasteiger partial charge in [-0.2, -0.15) is 0 Å². The first kappa shape index (κ1) is 17.3. The lowest BCUT2D eigenvalue weighted by atomic mass is 9.89. The lowest BCUT2D eigenvalue weighted by molar-refractivity contribution is -0.138. The molecular weight excluding hydrogens is 270 g/mol. The van der Waals surface area contributed by atoms with E-state index < -0.39 is 11.5 Å². The highest BCUT2D eigenvalue weighted by atomic mass is 16.5. The molecule has 0 aliphatic carbocycles. The topological polar surface area (TPSA) is 67.8 Å². The molecule has 0 spiro atoms. The number of carbonyl (C=O) groups is 1. The van der Waals surface area contributed by atoms with E-state index in [1.54, 1.807) is 14.2 Å². The minimum Gasteiger partial charge on any atom is -0.493 e. The van der Waals surface area contributed by atoms with Gasteiger partial charge in [-0.05, 0) is 44.0 Å². The van der Waals surface area contributed by atoms with Gasteiger partial charge in [-0.25, -0.2) is 0 Å². The van der Waals surface area contributed by atoms with Gasteiger partial charge < -0.3 is 19.9 Å². The highest BCUT2D eigenvalue weighted by Gasteiger charge is 2.27. The molecule has 0 bridgehead atoms. The third-order valence-electron chi connectivity index (χ3n) is 3.39. The molecule has 5 heteroatoms. The molecule has 2 N–H and O–H groups in total. The van der Waals surface area contributed by atoms with E-state index in [9.17, 15) is 4.79 Å². The van der Waals surface area contributed by atoms with E-state index in [4.69, 9.17) is 14.6 Å². The molecule has 0 radical (unpaired) electrons. The molecule has 0 amide bonds. The second-order valence-electron chi connectivity index (χ2n) is 5.42. The molecule has 0 aromatic heterocycles. The number of aliphatic carboxylic acids is 1. The predicted molar refractivity (Wildman–Crippen MR) is 82.2 cm³/mol. The van der Waals surface area contributed by atoms with E-state index in [2.05, 4.69) is 12.2 Å². The predicted octanol–water partition coefficient (Wildman–Crippen LogP) is 2.48. The maximum Gasteiger partial charge on any atom is 0.305 e. The van der Waals surface area contributed by atoms with Crippen LogP contribution in [0.3, 0.4) is 0 Å². The number of ether oxygens (including phenoxy) is 2. The number of rotatable bonds is 9. The quantitative estimate of drug-likeness (QED) is 0.732. The number of hydrogen-bond donors (Lipinski definition) is 2. The van der Waals surface area contributed by atoms with Gasteiger partial charge in [0.2, 0.25) is 0 Å². The minimum absolute atomic E-state index is 0.0708. The highest BCUT2D eigenvalue weighted by molar-refractivity contribution is 5.68. The van der Waals surface area contributed by atoms with Gasteiger partial charge in [0, 0.05) is 5.54 Å². The van der Waals surface area contributed by atoms with E-state index in [1.165, 1.54) is 0 Å². The molecule has 0 saturated carbocycles. The molecule has 1 aromatic carbocycles. The van der Waals surface area contributed by atoms with Crippen molar-refractivity contribution < 1.29 is 19.4 Å². The van der Waals surface area contributed by atoms with Gasteiger partial charge in [0.05, 0.1) is 20.6 Å². The van der Waals surface area contributed by atoms with Crippen LogP contribution >= 0.6 is 0 Å². The minimum atomic E-state index is -0.804. The average molecular weight is 295 g/mol. The first-order chi connectivity index (χ1) is 9.94. The summed E-state index contributed by atoms with van der Waals surface area (Å²) >= 11 is 0. The Morgan fingerprint density at radius 3 is 2.48 bits per heavy atom. The van der Waals surface area contributed by atoms with E-state index in [0.717, 1.165) is 18.5 Å². The number of benzene rings is 1. The maximum atomic E-state index is 11.1. The zero-order valence-electron chi connectivity index (χ0n) is 13.2. The van der Waals surface area contributed by atoms with Crippen molar-refractivity contribution in [3.63, 3.8) is 0 Å². The molecule has 0 saturated heterocycles. The fourth-order valence-corrected chi connectivity index (χ4v) is 2.39. The molecule has 0 aliphatic heterocycles. The van der Waals surface area contributed by atoms with Gasteiger partial charge in [0.15, 0.2) is 11.5 Å². The Morgan fingerprint density at radius 2 is 1.95 bits per heavy atom. The van der Waals surface area contributed by atoms with Gasteiger partial charge in [-0.15, -0.1) is 0 Å². The van der Waals surface area contributed by atoms with Crippen molar-refractivity contribution in [1.29, 1.82) is 0 Å². The smallest absolute Gasteiger partial charge is 0.305 e. The first-order valence-electron chi connectivity index (χ1n) is 7.12. The second-order valence-corrected chi connectivity index (χ2v) is 5.42. The van der Waals surface area contributed by atoms with Crippen LogP contribution in [0.15, 0.2) is 18.2 Å². The van der Waals surface area contributed by atoms with Crippen LogP contribution in [0.5, 0.6) is 11.5 Å². The Hall–Kier alpha value is -1.75. The number of hydrogen-bond acceptors (Lipinski definition) is 4. The summed E-state index contributed by atoms with van der Waals surface area (Å²) in [7, 11) is 3.18. The van der Waals surface area contributed by atoms with E-state index >= 15 is 0 Å². The zero-order valence-corrected chi connectivity index (χ0v) is 13.2. The number of nitrogens with one attached hydrogen (secondary N) is 1. The zero-order chi connectivity index (χ0) is 15.9. The Kier molecular flexibility index (Phi) is 6.49. The molecule has 1 unspecified atom stereocenters. The molecule has 0 aliphatic rings. The lowest BCUT2D eigenvalue weighted by Gasteiger charge is -2.30. The Bertz CT molecular complexity index is 475. The van der Waals surface area contributed by atoms with Crippen molar-refractivity contribution >= 4 is 5.97 Å². The van der Waals surface area contributed by atoms with Gasteiger partial charge >= 0.3 is 5.97 Å². The number of methoxy groups -OCH3 is 2. The van der Waals surface area contributed by atoms with Crippen molar-refractivity contribution in [3.8, 4) is 11.5 Å². The van der Waals surface area contributed by atoms with Gasteiger partial charge in [-0.1, -0.05) is 13.0 Å². The standard InChI is InChI=1S/C16H25NO4/c1-5-8-17-16(2,11-15(18)19)10-12-6-7-13(20-3)14(9-12)21-4/h6-7,9,17H,5,8,10-11H2,1-4H3,(H,18,19).